The minimum absolute atomic E-state index is 0.0157. The van der Waals surface area contributed by atoms with Crippen LogP contribution < -0.4 is 4.72 Å². The number of amides is 1. The number of sulfonamides is 1. The fourth-order valence-electron chi connectivity index (χ4n) is 4.98. The average molecular weight is 638 g/mol. The molecule has 3 aromatic carbocycles. The first-order valence-electron chi connectivity index (χ1n) is 13.5. The van der Waals surface area contributed by atoms with Gasteiger partial charge in [-0.05, 0) is 72.5 Å². The maximum Gasteiger partial charge on any atom is 0.416 e. The molecule has 7 nitrogen and oxygen atoms in total. The molecule has 1 heterocycles. The number of carbonyl (C=O) groups excluding carboxylic acids is 1. The third-order valence-corrected chi connectivity index (χ3v) is 9.12. The van der Waals surface area contributed by atoms with E-state index in [4.69, 9.17) is 11.6 Å². The van der Waals surface area contributed by atoms with Crippen LogP contribution in [0.5, 0.6) is 0 Å². The van der Waals surface area contributed by atoms with Gasteiger partial charge >= 0.3 is 6.18 Å². The molecule has 1 fully saturated rings. The zero-order valence-corrected chi connectivity index (χ0v) is 24.3. The van der Waals surface area contributed by atoms with E-state index in [0.717, 1.165) is 23.8 Å². The predicted octanol–water partition coefficient (Wildman–Crippen LogP) is 6.10. The number of alkyl halides is 4. The Morgan fingerprint density at radius 2 is 1.79 bits per heavy atom. The minimum Gasteiger partial charge on any atom is -0.394 e. The molecule has 0 radical (unpaired) electrons. The first kappa shape index (κ1) is 31.0. The van der Waals surface area contributed by atoms with Crippen molar-refractivity contribution >= 4 is 38.4 Å². The van der Waals surface area contributed by atoms with Crippen LogP contribution in [0.1, 0.15) is 45.9 Å². The molecule has 0 spiro atoms. The van der Waals surface area contributed by atoms with Crippen molar-refractivity contribution in [2.24, 2.45) is 0 Å². The van der Waals surface area contributed by atoms with Gasteiger partial charge in [-0.25, -0.2) is 17.5 Å². The zero-order valence-electron chi connectivity index (χ0n) is 22.7. The van der Waals surface area contributed by atoms with E-state index in [9.17, 15) is 35.9 Å². The Labute approximate surface area is 250 Å². The van der Waals surface area contributed by atoms with E-state index in [1.54, 1.807) is 29.0 Å². The number of aliphatic hydroxyl groups is 1. The molecule has 43 heavy (non-hydrogen) atoms. The highest BCUT2D eigenvalue weighted by Gasteiger charge is 2.36. The third kappa shape index (κ3) is 6.87. The van der Waals surface area contributed by atoms with Gasteiger partial charge in [0.2, 0.25) is 10.0 Å². The molecule has 1 atom stereocenters. The topological polar surface area (TPSA) is 91.6 Å². The summed E-state index contributed by atoms with van der Waals surface area (Å²) in [5.74, 6) is -0.672. The van der Waals surface area contributed by atoms with Gasteiger partial charge in [-0.1, -0.05) is 29.8 Å². The number of aliphatic hydroxyl groups excluding tert-OH is 1. The third-order valence-electron chi connectivity index (χ3n) is 7.35. The normalized spacial score (nSPS) is 14.7. The lowest BCUT2D eigenvalue weighted by atomic mass is 10.0. The highest BCUT2D eigenvalue weighted by Crippen LogP contribution is 2.36. The van der Waals surface area contributed by atoms with Crippen molar-refractivity contribution in [2.45, 2.75) is 49.1 Å². The van der Waals surface area contributed by atoms with E-state index in [1.807, 2.05) is 0 Å². The fourth-order valence-corrected chi connectivity index (χ4v) is 6.46. The molecule has 1 aliphatic rings. The first-order chi connectivity index (χ1) is 20.4. The molecule has 4 aromatic rings. The van der Waals surface area contributed by atoms with E-state index in [0.29, 0.717) is 16.5 Å². The van der Waals surface area contributed by atoms with Crippen molar-refractivity contribution in [1.29, 1.82) is 0 Å². The Morgan fingerprint density at radius 1 is 1.07 bits per heavy atom. The van der Waals surface area contributed by atoms with E-state index in [1.165, 1.54) is 42.5 Å². The molecule has 0 unspecified atom stereocenters. The maximum absolute atomic E-state index is 14.0. The Bertz CT molecular complexity index is 1740. The number of nitrogens with one attached hydrogen (secondary N) is 1. The number of hydrogen-bond acceptors (Lipinski definition) is 4. The van der Waals surface area contributed by atoms with Gasteiger partial charge in [-0.15, -0.1) is 0 Å². The smallest absolute Gasteiger partial charge is 0.394 e. The van der Waals surface area contributed by atoms with Crippen LogP contribution in [0.25, 0.3) is 10.9 Å². The highest BCUT2D eigenvalue weighted by molar-refractivity contribution is 7.89. The van der Waals surface area contributed by atoms with Crippen LogP contribution in [-0.2, 0) is 29.3 Å². The predicted molar refractivity (Wildman–Crippen MR) is 154 cm³/mol. The molecule has 0 aliphatic heterocycles. The van der Waals surface area contributed by atoms with Crippen LogP contribution >= 0.6 is 11.6 Å². The number of benzene rings is 3. The Morgan fingerprint density at radius 3 is 2.42 bits per heavy atom. The quantitative estimate of drug-likeness (QED) is 0.195. The molecule has 0 bridgehead atoms. The van der Waals surface area contributed by atoms with Crippen LogP contribution in [0, 0.1) is 0 Å². The standard InChI is InChI=1S/C30H28ClF4N3O4S/c31-23-5-1-22(26(16-23)30(33,34)35)17-38(29(40)21-4-10-27-20(15-21)11-13-37(27)14-12-32)28(18-39)19-2-8-25(9-3-19)43(41,42)36-24-6-7-24/h1-5,8-11,13,15-16,24,28,36,39H,6-7,12,14,17-18H2/t28-/m0/s1. The van der Waals surface area contributed by atoms with Gasteiger partial charge in [0.1, 0.15) is 6.67 Å². The summed E-state index contributed by atoms with van der Waals surface area (Å²) < 4.78 is 84.5. The molecule has 13 heteroatoms. The second-order valence-corrected chi connectivity index (χ2v) is 12.5. The van der Waals surface area contributed by atoms with E-state index in [-0.39, 0.29) is 33.6 Å². The monoisotopic (exact) mass is 637 g/mol. The number of fused-ring (bicyclic) bond motifs is 1. The van der Waals surface area contributed by atoms with Crippen LogP contribution in [0.2, 0.25) is 5.02 Å². The summed E-state index contributed by atoms with van der Waals surface area (Å²) in [5.41, 5.74) is -0.140. The SMILES string of the molecule is O=C(c1ccc2c(ccn2CCF)c1)N(Cc1ccc(Cl)cc1C(F)(F)F)[C@@H](CO)c1ccc(S(=O)(=O)NC2CC2)cc1. The van der Waals surface area contributed by atoms with Gasteiger partial charge in [0.25, 0.3) is 5.91 Å². The van der Waals surface area contributed by atoms with Crippen molar-refractivity contribution in [3.63, 3.8) is 0 Å². The van der Waals surface area contributed by atoms with Crippen molar-refractivity contribution in [2.75, 3.05) is 13.3 Å². The molecule has 1 aromatic heterocycles. The van der Waals surface area contributed by atoms with Gasteiger partial charge in [0.15, 0.2) is 0 Å². The lowest BCUT2D eigenvalue weighted by Crippen LogP contribution is -2.37. The van der Waals surface area contributed by atoms with Crippen molar-refractivity contribution in [1.82, 2.24) is 14.2 Å². The Balaban J connectivity index is 1.55. The number of halogens is 5. The summed E-state index contributed by atoms with van der Waals surface area (Å²) >= 11 is 5.87. The number of aromatic nitrogens is 1. The van der Waals surface area contributed by atoms with Crippen LogP contribution in [0.4, 0.5) is 17.6 Å². The number of hydrogen-bond donors (Lipinski definition) is 2. The van der Waals surface area contributed by atoms with Gasteiger partial charge < -0.3 is 14.6 Å². The van der Waals surface area contributed by atoms with Crippen LogP contribution in [0.15, 0.2) is 77.8 Å². The zero-order chi connectivity index (χ0) is 30.9. The summed E-state index contributed by atoms with van der Waals surface area (Å²) in [4.78, 5) is 15.1. The lowest BCUT2D eigenvalue weighted by molar-refractivity contribution is -0.138. The second-order valence-electron chi connectivity index (χ2n) is 10.4. The molecule has 228 valence electrons. The molecule has 1 aliphatic carbocycles. The molecule has 0 saturated heterocycles. The van der Waals surface area contributed by atoms with E-state index >= 15 is 0 Å². The molecular weight excluding hydrogens is 610 g/mol. The Kier molecular flexibility index (Phi) is 8.85. The van der Waals surface area contributed by atoms with Gasteiger partial charge in [-0.3, -0.25) is 4.79 Å². The van der Waals surface area contributed by atoms with Crippen molar-refractivity contribution in [3.05, 3.63) is 100 Å². The van der Waals surface area contributed by atoms with Gasteiger partial charge in [0.05, 0.1) is 29.7 Å². The fraction of sp³-hybridized carbons (Fsp3) is 0.300. The summed E-state index contributed by atoms with van der Waals surface area (Å²) in [6, 6.07) is 13.9. The van der Waals surface area contributed by atoms with Crippen molar-refractivity contribution in [3.8, 4) is 0 Å². The van der Waals surface area contributed by atoms with Gasteiger partial charge in [0, 0.05) is 40.3 Å². The number of rotatable bonds is 11. The van der Waals surface area contributed by atoms with Crippen LogP contribution in [-0.4, -0.2) is 48.2 Å². The Hall–Kier alpha value is -3.45. The average Bonchev–Trinajstić information content (AvgIpc) is 3.69. The number of aryl methyl sites for hydroxylation is 1. The lowest BCUT2D eigenvalue weighted by Gasteiger charge is -2.32. The largest absolute Gasteiger partial charge is 0.416 e. The first-order valence-corrected chi connectivity index (χ1v) is 15.3. The van der Waals surface area contributed by atoms with Gasteiger partial charge in [-0.2, -0.15) is 13.2 Å². The molecule has 2 N–H and O–H groups in total. The molecule has 1 saturated carbocycles. The second kappa shape index (κ2) is 12.3. The summed E-state index contributed by atoms with van der Waals surface area (Å²) in [5, 5.41) is 11.0. The van der Waals surface area contributed by atoms with Crippen molar-refractivity contribution < 1.29 is 35.9 Å². The number of carbonyl (C=O) groups is 1. The molecular formula is C30H28ClF4N3O4S. The maximum atomic E-state index is 14.0. The molecule has 5 rings (SSSR count). The van der Waals surface area contributed by atoms with E-state index in [2.05, 4.69) is 4.72 Å². The summed E-state index contributed by atoms with van der Waals surface area (Å²) in [6.45, 7) is -1.67. The summed E-state index contributed by atoms with van der Waals surface area (Å²) in [6.07, 6.45) is -1.60. The number of nitrogens with zero attached hydrogens (tertiary/aromatic N) is 2. The van der Waals surface area contributed by atoms with E-state index < -0.39 is 53.5 Å². The van der Waals surface area contributed by atoms with Crippen LogP contribution in [0.3, 0.4) is 0 Å². The minimum atomic E-state index is -4.77. The highest BCUT2D eigenvalue weighted by atomic mass is 35.5. The summed E-state index contributed by atoms with van der Waals surface area (Å²) in [7, 11) is -3.78. The molecule has 1 amide bonds.